The van der Waals surface area contributed by atoms with Crippen molar-refractivity contribution in [1.82, 2.24) is 20.6 Å². The summed E-state index contributed by atoms with van der Waals surface area (Å²) >= 11 is 0. The van der Waals surface area contributed by atoms with Crippen LogP contribution in [0.5, 0.6) is 0 Å². The average Bonchev–Trinajstić information content (AvgIpc) is 2.69. The zero-order chi connectivity index (χ0) is 11.5. The van der Waals surface area contributed by atoms with E-state index in [1.54, 1.807) is 0 Å². The van der Waals surface area contributed by atoms with Crippen LogP contribution in [0.4, 0.5) is 10.1 Å². The number of rotatable bonds is 3. The van der Waals surface area contributed by atoms with Crippen LogP contribution in [0.3, 0.4) is 0 Å². The first-order valence-electron chi connectivity index (χ1n) is 4.31. The Bertz CT molecular complexity index is 513. The van der Waals surface area contributed by atoms with E-state index in [0.29, 0.717) is 11.4 Å². The third-order valence-electron chi connectivity index (χ3n) is 1.90. The number of hydrogen-bond donors (Lipinski definition) is 1. The Morgan fingerprint density at radius 2 is 2.25 bits per heavy atom. The molecule has 0 spiro atoms. The van der Waals surface area contributed by atoms with Crippen LogP contribution in [0.1, 0.15) is 11.4 Å². The maximum absolute atomic E-state index is 13.0. The highest BCUT2D eigenvalue weighted by Gasteiger charge is 2.11. The van der Waals surface area contributed by atoms with E-state index in [1.165, 1.54) is 12.1 Å². The number of nitrogens with zero attached hydrogens (tertiary/aromatic N) is 4. The van der Waals surface area contributed by atoms with Crippen molar-refractivity contribution in [2.24, 2.45) is 0 Å². The first kappa shape index (κ1) is 10.1. The van der Waals surface area contributed by atoms with E-state index < -0.39 is 10.7 Å². The molecular weight excluding hydrogens is 217 g/mol. The van der Waals surface area contributed by atoms with E-state index in [-0.39, 0.29) is 12.1 Å². The Balaban J connectivity index is 2.31. The van der Waals surface area contributed by atoms with Crippen molar-refractivity contribution in [2.45, 2.75) is 6.42 Å². The highest BCUT2D eigenvalue weighted by molar-refractivity contribution is 5.36. The van der Waals surface area contributed by atoms with Crippen LogP contribution in [-0.2, 0) is 6.42 Å². The first-order valence-corrected chi connectivity index (χ1v) is 4.31. The molecule has 82 valence electrons. The van der Waals surface area contributed by atoms with Crippen molar-refractivity contribution in [3.63, 3.8) is 0 Å². The summed E-state index contributed by atoms with van der Waals surface area (Å²) < 4.78 is 13.0. The van der Waals surface area contributed by atoms with Crippen molar-refractivity contribution < 1.29 is 9.31 Å². The quantitative estimate of drug-likeness (QED) is 0.614. The molecule has 0 fully saturated rings. The van der Waals surface area contributed by atoms with Gasteiger partial charge in [0.1, 0.15) is 5.82 Å². The summed E-state index contributed by atoms with van der Waals surface area (Å²) in [5, 5.41) is 23.4. The lowest BCUT2D eigenvalue weighted by molar-refractivity contribution is -0.385. The number of benzene rings is 1. The predicted octanol–water partition coefficient (Wildman–Crippen LogP) is 0.838. The van der Waals surface area contributed by atoms with Gasteiger partial charge in [-0.05, 0) is 11.6 Å². The van der Waals surface area contributed by atoms with E-state index in [0.717, 1.165) is 6.07 Å². The maximum atomic E-state index is 13.0. The van der Waals surface area contributed by atoms with Crippen LogP contribution in [-0.4, -0.2) is 25.5 Å². The largest absolute Gasteiger partial charge is 0.272 e. The molecule has 0 saturated heterocycles. The number of H-pyrrole nitrogens is 1. The number of aromatic amines is 1. The van der Waals surface area contributed by atoms with Gasteiger partial charge in [0.05, 0.1) is 11.0 Å². The van der Waals surface area contributed by atoms with Gasteiger partial charge in [-0.3, -0.25) is 10.1 Å². The molecule has 16 heavy (non-hydrogen) atoms. The molecule has 1 aromatic heterocycles. The Labute approximate surface area is 88.4 Å². The summed E-state index contributed by atoms with van der Waals surface area (Å²) in [6.07, 6.45) is 0.190. The van der Waals surface area contributed by atoms with E-state index >= 15 is 0 Å². The van der Waals surface area contributed by atoms with Crippen LogP contribution in [0.2, 0.25) is 0 Å². The molecule has 1 heterocycles. The van der Waals surface area contributed by atoms with Gasteiger partial charge in [0.2, 0.25) is 0 Å². The van der Waals surface area contributed by atoms with Crippen molar-refractivity contribution >= 4 is 5.69 Å². The number of halogens is 1. The van der Waals surface area contributed by atoms with Crippen LogP contribution in [0.25, 0.3) is 0 Å². The van der Waals surface area contributed by atoms with Crippen molar-refractivity contribution in [3.05, 3.63) is 45.5 Å². The summed E-state index contributed by atoms with van der Waals surface area (Å²) in [7, 11) is 0. The smallest absolute Gasteiger partial charge is 0.258 e. The number of aromatic nitrogens is 4. The molecule has 0 amide bonds. The molecule has 0 aliphatic rings. The zero-order valence-corrected chi connectivity index (χ0v) is 7.92. The minimum absolute atomic E-state index is 0.190. The molecule has 7 nitrogen and oxygen atoms in total. The summed E-state index contributed by atoms with van der Waals surface area (Å²) in [4.78, 5) is 9.85. The highest BCUT2D eigenvalue weighted by atomic mass is 19.1. The van der Waals surface area contributed by atoms with Gasteiger partial charge in [0.15, 0.2) is 5.82 Å². The number of hydrogen-bond acceptors (Lipinski definition) is 5. The number of tetrazole rings is 1. The molecule has 1 N–H and O–H groups in total. The second-order valence-electron chi connectivity index (χ2n) is 3.08. The number of nitro benzene ring substituents is 1. The monoisotopic (exact) mass is 223 g/mol. The topological polar surface area (TPSA) is 97.6 Å². The molecule has 0 radical (unpaired) electrons. The zero-order valence-electron chi connectivity index (χ0n) is 7.92. The molecule has 0 aliphatic heterocycles. The first-order chi connectivity index (χ1) is 7.65. The summed E-state index contributed by atoms with van der Waals surface area (Å²) in [6.45, 7) is 0. The van der Waals surface area contributed by atoms with Gasteiger partial charge in [0, 0.05) is 12.5 Å². The van der Waals surface area contributed by atoms with Crippen molar-refractivity contribution in [1.29, 1.82) is 0 Å². The van der Waals surface area contributed by atoms with Crippen LogP contribution in [0, 0.1) is 15.9 Å². The lowest BCUT2D eigenvalue weighted by Crippen LogP contribution is -1.95. The number of nitrogens with one attached hydrogen (secondary N) is 1. The van der Waals surface area contributed by atoms with Crippen molar-refractivity contribution in [2.75, 3.05) is 0 Å². The predicted molar refractivity (Wildman–Crippen MR) is 50.0 cm³/mol. The second kappa shape index (κ2) is 4.01. The number of nitro groups is 1. The maximum Gasteiger partial charge on any atom is 0.272 e. The molecule has 2 aromatic rings. The van der Waals surface area contributed by atoms with Gasteiger partial charge in [-0.15, -0.1) is 10.2 Å². The minimum Gasteiger partial charge on any atom is -0.258 e. The van der Waals surface area contributed by atoms with Crippen LogP contribution in [0.15, 0.2) is 18.2 Å². The fourth-order valence-corrected chi connectivity index (χ4v) is 1.28. The molecule has 2 rings (SSSR count). The van der Waals surface area contributed by atoms with Gasteiger partial charge in [-0.1, -0.05) is 5.21 Å². The lowest BCUT2D eigenvalue weighted by Gasteiger charge is -1.98. The third-order valence-corrected chi connectivity index (χ3v) is 1.90. The molecule has 8 heteroatoms. The molecule has 0 atom stereocenters. The van der Waals surface area contributed by atoms with Crippen LogP contribution < -0.4 is 0 Å². The van der Waals surface area contributed by atoms with Gasteiger partial charge >= 0.3 is 0 Å². The fraction of sp³-hybridized carbons (Fsp3) is 0.125. The average molecular weight is 223 g/mol. The minimum atomic E-state index is -0.660. The molecule has 0 bridgehead atoms. The van der Waals surface area contributed by atoms with Gasteiger partial charge in [-0.2, -0.15) is 5.21 Å². The van der Waals surface area contributed by atoms with Gasteiger partial charge in [0.25, 0.3) is 5.69 Å². The van der Waals surface area contributed by atoms with Crippen LogP contribution >= 0.6 is 0 Å². The normalized spacial score (nSPS) is 10.3. The molecule has 0 aliphatic carbocycles. The Morgan fingerprint density at radius 1 is 1.44 bits per heavy atom. The van der Waals surface area contributed by atoms with Crippen molar-refractivity contribution in [3.8, 4) is 0 Å². The SMILES string of the molecule is O=[N+]([O-])c1cc(F)cc(Cc2nn[nH]n2)c1. The lowest BCUT2D eigenvalue weighted by atomic mass is 10.1. The fourth-order valence-electron chi connectivity index (χ4n) is 1.28. The Hall–Kier alpha value is -2.38. The van der Waals surface area contributed by atoms with E-state index in [2.05, 4.69) is 20.6 Å². The summed E-state index contributed by atoms with van der Waals surface area (Å²) in [5.74, 6) is -0.312. The standard InChI is InChI=1S/C8H6FN5O2/c9-6-1-5(2-7(4-6)14(15)16)3-8-10-12-13-11-8/h1-2,4H,3H2,(H,10,11,12,13). The molecule has 0 unspecified atom stereocenters. The molecular formula is C8H6FN5O2. The summed E-state index contributed by atoms with van der Waals surface area (Å²) in [6, 6.07) is 3.34. The Kier molecular flexibility index (Phi) is 2.54. The molecule has 0 saturated carbocycles. The Morgan fingerprint density at radius 3 is 2.88 bits per heavy atom. The second-order valence-corrected chi connectivity index (χ2v) is 3.08. The third kappa shape index (κ3) is 2.16. The molecule has 1 aromatic carbocycles. The van der Waals surface area contributed by atoms with E-state index in [9.17, 15) is 14.5 Å². The van der Waals surface area contributed by atoms with E-state index in [1.807, 2.05) is 0 Å². The highest BCUT2D eigenvalue weighted by Crippen LogP contribution is 2.17. The van der Waals surface area contributed by atoms with Gasteiger partial charge in [-0.25, -0.2) is 4.39 Å². The van der Waals surface area contributed by atoms with Gasteiger partial charge < -0.3 is 0 Å². The van der Waals surface area contributed by atoms with E-state index in [4.69, 9.17) is 0 Å². The summed E-state index contributed by atoms with van der Waals surface area (Å²) in [5.41, 5.74) is 0.131. The number of non-ortho nitro benzene ring substituents is 1.